The quantitative estimate of drug-likeness (QED) is 0.474. The van der Waals surface area contributed by atoms with Gasteiger partial charge in [0.15, 0.2) is 0 Å². The van der Waals surface area contributed by atoms with E-state index in [0.29, 0.717) is 42.3 Å². The van der Waals surface area contributed by atoms with Gasteiger partial charge in [0.05, 0.1) is 16.3 Å². The fraction of sp³-hybridized carbons (Fsp3) is 0.481. The van der Waals surface area contributed by atoms with Gasteiger partial charge in [-0.05, 0) is 75.8 Å². The Morgan fingerprint density at radius 2 is 1.84 bits per heavy atom. The highest BCUT2D eigenvalue weighted by molar-refractivity contribution is 6.34. The summed E-state index contributed by atoms with van der Waals surface area (Å²) in [7, 11) is 0. The van der Waals surface area contributed by atoms with Crippen LogP contribution in [0.2, 0.25) is 5.02 Å². The molecule has 1 atom stereocenters. The first-order chi connectivity index (χ1) is 17.3. The molecule has 0 aromatic heterocycles. The molecule has 1 saturated heterocycles. The molecule has 4 rings (SSSR count). The summed E-state index contributed by atoms with van der Waals surface area (Å²) in [4.78, 5) is 29.2. The molecule has 0 unspecified atom stereocenters. The molecule has 0 radical (unpaired) electrons. The van der Waals surface area contributed by atoms with Gasteiger partial charge in [-0.1, -0.05) is 29.8 Å². The van der Waals surface area contributed by atoms with E-state index in [2.05, 4.69) is 5.32 Å². The number of carbonyl (C=O) groups excluding carboxylic acids is 2. The summed E-state index contributed by atoms with van der Waals surface area (Å²) >= 11 is 6.59. The zero-order valence-corrected chi connectivity index (χ0v) is 21.9. The van der Waals surface area contributed by atoms with Gasteiger partial charge in [0, 0.05) is 25.3 Å². The zero-order valence-electron chi connectivity index (χ0n) is 21.1. The van der Waals surface area contributed by atoms with E-state index >= 15 is 0 Å². The lowest BCUT2D eigenvalue weighted by molar-refractivity contribution is -0.138. The third kappa shape index (κ3) is 6.32. The number of amides is 2. The van der Waals surface area contributed by atoms with Crippen molar-refractivity contribution in [1.82, 2.24) is 4.90 Å². The van der Waals surface area contributed by atoms with Gasteiger partial charge >= 0.3 is 12.3 Å². The van der Waals surface area contributed by atoms with Crippen LogP contribution in [0.4, 0.5) is 29.3 Å². The Bertz CT molecular complexity index is 1180. The average Bonchev–Trinajstić information content (AvgIpc) is 3.20. The SMILES string of the molecule is CC(C)(C)OC(=O)N1CCCC[C@@H]1C(=O)Nc1cc(Cl)c2c(c1)CCN2Cc1ccccc1C(F)(F)F. The van der Waals surface area contributed by atoms with Gasteiger partial charge in [0.2, 0.25) is 5.91 Å². The minimum absolute atomic E-state index is 0.0705. The summed E-state index contributed by atoms with van der Waals surface area (Å²) in [5, 5.41) is 3.23. The van der Waals surface area contributed by atoms with E-state index in [1.807, 2.05) is 4.90 Å². The van der Waals surface area contributed by atoms with Crippen molar-refractivity contribution in [3.05, 3.63) is 58.1 Å². The predicted molar refractivity (Wildman–Crippen MR) is 137 cm³/mol. The number of ether oxygens (including phenoxy) is 1. The van der Waals surface area contributed by atoms with Crippen LogP contribution in [-0.2, 0) is 28.7 Å². The summed E-state index contributed by atoms with van der Waals surface area (Å²) in [6.07, 6.45) is -2.24. The van der Waals surface area contributed by atoms with E-state index in [1.165, 1.54) is 17.0 Å². The van der Waals surface area contributed by atoms with Crippen LogP contribution < -0.4 is 10.2 Å². The number of anilines is 2. The Kier molecular flexibility index (Phi) is 7.65. The molecule has 2 amide bonds. The number of carbonyl (C=O) groups is 2. The molecule has 200 valence electrons. The second kappa shape index (κ2) is 10.4. The molecule has 2 aliphatic heterocycles. The summed E-state index contributed by atoms with van der Waals surface area (Å²) < 4.78 is 45.9. The maximum absolute atomic E-state index is 13.5. The van der Waals surface area contributed by atoms with Crippen LogP contribution in [0.5, 0.6) is 0 Å². The highest BCUT2D eigenvalue weighted by atomic mass is 35.5. The molecular weight excluding hydrogens is 507 g/mol. The van der Waals surface area contributed by atoms with Crippen molar-refractivity contribution in [3.8, 4) is 0 Å². The van der Waals surface area contributed by atoms with E-state index < -0.39 is 29.5 Å². The molecule has 10 heteroatoms. The number of nitrogens with zero attached hydrogens (tertiary/aromatic N) is 2. The summed E-state index contributed by atoms with van der Waals surface area (Å²) in [5.41, 5.74) is 0.849. The number of alkyl halides is 3. The number of benzene rings is 2. The van der Waals surface area contributed by atoms with Crippen molar-refractivity contribution in [2.45, 2.75) is 70.8 Å². The van der Waals surface area contributed by atoms with Crippen LogP contribution in [0.15, 0.2) is 36.4 Å². The van der Waals surface area contributed by atoms with Crippen LogP contribution in [0.25, 0.3) is 0 Å². The van der Waals surface area contributed by atoms with Crippen molar-refractivity contribution in [3.63, 3.8) is 0 Å². The van der Waals surface area contributed by atoms with Crippen molar-refractivity contribution in [2.24, 2.45) is 0 Å². The maximum Gasteiger partial charge on any atom is 0.416 e. The van der Waals surface area contributed by atoms with Gasteiger partial charge in [-0.2, -0.15) is 13.2 Å². The highest BCUT2D eigenvalue weighted by Gasteiger charge is 2.36. The smallest absolute Gasteiger partial charge is 0.416 e. The Hall–Kier alpha value is -2.94. The summed E-state index contributed by atoms with van der Waals surface area (Å²) in [6, 6.07) is 8.27. The van der Waals surface area contributed by atoms with Crippen LogP contribution >= 0.6 is 11.6 Å². The van der Waals surface area contributed by atoms with Crippen LogP contribution in [0.1, 0.15) is 56.7 Å². The minimum atomic E-state index is -4.44. The Morgan fingerprint density at radius 3 is 2.54 bits per heavy atom. The molecule has 6 nitrogen and oxygen atoms in total. The second-order valence-corrected chi connectivity index (χ2v) is 10.9. The zero-order chi connectivity index (χ0) is 27.0. The highest BCUT2D eigenvalue weighted by Crippen LogP contribution is 2.40. The number of hydrogen-bond donors (Lipinski definition) is 1. The van der Waals surface area contributed by atoms with Gasteiger partial charge < -0.3 is 15.0 Å². The molecule has 1 fully saturated rings. The van der Waals surface area contributed by atoms with E-state index in [9.17, 15) is 22.8 Å². The lowest BCUT2D eigenvalue weighted by Gasteiger charge is -2.35. The third-order valence-corrected chi connectivity index (χ3v) is 6.78. The van der Waals surface area contributed by atoms with Gasteiger partial charge in [-0.25, -0.2) is 4.79 Å². The molecule has 0 spiro atoms. The monoisotopic (exact) mass is 537 g/mol. The lowest BCUT2D eigenvalue weighted by atomic mass is 10.0. The number of piperidine rings is 1. The van der Waals surface area contributed by atoms with Crippen molar-refractivity contribution in [1.29, 1.82) is 0 Å². The number of fused-ring (bicyclic) bond motifs is 1. The van der Waals surface area contributed by atoms with E-state index in [4.69, 9.17) is 16.3 Å². The molecule has 0 saturated carbocycles. The standard InChI is InChI=1S/C27H31ClF3N3O3/c1-26(2,3)37-25(36)34-12-7-6-10-22(34)24(35)32-19-14-17-11-13-33(23(17)21(28)15-19)16-18-8-4-5-9-20(18)27(29,30)31/h4-5,8-9,14-15,22H,6-7,10-13,16H2,1-3H3,(H,32,35)/t22-/m1/s1. The number of likely N-dealkylation sites (tertiary alicyclic amines) is 1. The lowest BCUT2D eigenvalue weighted by Crippen LogP contribution is -2.51. The first kappa shape index (κ1) is 27.1. The molecule has 1 N–H and O–H groups in total. The minimum Gasteiger partial charge on any atom is -0.444 e. The van der Waals surface area contributed by atoms with Crippen LogP contribution in [-0.4, -0.2) is 41.6 Å². The summed E-state index contributed by atoms with van der Waals surface area (Å²) in [5.74, 6) is -0.324. The first-order valence-electron chi connectivity index (χ1n) is 12.4. The molecule has 2 aromatic rings. The van der Waals surface area contributed by atoms with E-state index in [1.54, 1.807) is 39.0 Å². The fourth-order valence-corrected chi connectivity index (χ4v) is 5.27. The first-order valence-corrected chi connectivity index (χ1v) is 12.7. The van der Waals surface area contributed by atoms with Gasteiger partial charge in [-0.15, -0.1) is 0 Å². The maximum atomic E-state index is 13.5. The third-order valence-electron chi connectivity index (χ3n) is 6.49. The molecule has 0 aliphatic carbocycles. The van der Waals surface area contributed by atoms with Crippen LogP contribution in [0.3, 0.4) is 0 Å². The molecule has 0 bridgehead atoms. The van der Waals surface area contributed by atoms with Crippen LogP contribution in [0, 0.1) is 0 Å². The van der Waals surface area contributed by atoms with Gasteiger partial charge in [0.1, 0.15) is 11.6 Å². The predicted octanol–water partition coefficient (Wildman–Crippen LogP) is 6.65. The van der Waals surface area contributed by atoms with Crippen molar-refractivity contribution >= 4 is 35.0 Å². The second-order valence-electron chi connectivity index (χ2n) is 10.5. The number of rotatable bonds is 4. The molecule has 2 heterocycles. The Morgan fingerprint density at radius 1 is 1.11 bits per heavy atom. The number of hydrogen-bond acceptors (Lipinski definition) is 4. The Labute approximate surface area is 219 Å². The number of halogens is 4. The molecule has 2 aliphatic rings. The van der Waals surface area contributed by atoms with E-state index in [0.717, 1.165) is 24.5 Å². The topological polar surface area (TPSA) is 61.9 Å². The Balaban J connectivity index is 1.50. The molecular formula is C27H31ClF3N3O3. The molecule has 2 aromatic carbocycles. The summed E-state index contributed by atoms with van der Waals surface area (Å²) in [6.45, 7) is 6.35. The normalized spacial score (nSPS) is 18.0. The van der Waals surface area contributed by atoms with Gasteiger partial charge in [0.25, 0.3) is 0 Å². The number of nitrogens with one attached hydrogen (secondary N) is 1. The fourth-order valence-electron chi connectivity index (χ4n) is 4.91. The van der Waals surface area contributed by atoms with Crippen molar-refractivity contribution in [2.75, 3.05) is 23.3 Å². The van der Waals surface area contributed by atoms with Crippen molar-refractivity contribution < 1.29 is 27.5 Å². The largest absolute Gasteiger partial charge is 0.444 e. The van der Waals surface area contributed by atoms with Gasteiger partial charge in [-0.3, -0.25) is 9.69 Å². The molecule has 37 heavy (non-hydrogen) atoms. The average molecular weight is 538 g/mol. The van der Waals surface area contributed by atoms with E-state index in [-0.39, 0.29) is 18.0 Å².